The quantitative estimate of drug-likeness (QED) is 0.250. The minimum absolute atomic E-state index is 0.0264. The number of carbonyl (C=O) groups is 3. The van der Waals surface area contributed by atoms with Gasteiger partial charge in [-0.25, -0.2) is 9.18 Å². The highest BCUT2D eigenvalue weighted by Crippen LogP contribution is 2.40. The second-order valence-corrected chi connectivity index (χ2v) is 8.41. The van der Waals surface area contributed by atoms with Crippen LogP contribution in [0.5, 0.6) is 17.4 Å². The van der Waals surface area contributed by atoms with Crippen molar-refractivity contribution in [2.45, 2.75) is 32.6 Å². The van der Waals surface area contributed by atoms with Crippen LogP contribution >= 0.6 is 11.6 Å². The number of hydrogen-bond donors (Lipinski definition) is 0. The summed E-state index contributed by atoms with van der Waals surface area (Å²) in [5.41, 5.74) is -1.33. The molecule has 2 heterocycles. The molecule has 2 aromatic rings. The van der Waals surface area contributed by atoms with E-state index in [2.05, 4.69) is 9.72 Å². The number of rotatable bonds is 8. The highest BCUT2D eigenvalue weighted by atomic mass is 35.5. The van der Waals surface area contributed by atoms with Crippen molar-refractivity contribution in [3.8, 4) is 17.4 Å². The van der Waals surface area contributed by atoms with E-state index in [-0.39, 0.29) is 16.5 Å². The average molecular weight is 592 g/mol. The number of anilines is 1. The Hall–Kier alpha value is -4.27. The van der Waals surface area contributed by atoms with Gasteiger partial charge in [0.2, 0.25) is 12.1 Å². The number of esters is 3. The van der Waals surface area contributed by atoms with E-state index < -0.39 is 66.5 Å². The number of pyridine rings is 1. The number of benzene rings is 1. The predicted octanol–water partition coefficient (Wildman–Crippen LogP) is 4.15. The number of hydrogen-bond acceptors (Lipinski definition) is 11. The second kappa shape index (κ2) is 12.3. The van der Waals surface area contributed by atoms with Crippen LogP contribution in [0.1, 0.15) is 13.8 Å². The fourth-order valence-corrected chi connectivity index (χ4v) is 3.65. The second-order valence-electron chi connectivity index (χ2n) is 8.00. The number of para-hydroxylation sites is 2. The molecular formula is C24H22ClF4N3O8. The SMILES string of the molecule is COC(=O)COc1ccccc1Oc1nc(N2C(OC(C)=O)C=C(C(F)(F)F)N(C)C2OC(C)=O)c(F)cc1Cl. The molecule has 0 saturated heterocycles. The molecule has 2 unspecified atom stereocenters. The summed E-state index contributed by atoms with van der Waals surface area (Å²) in [6.07, 6.45) is -8.38. The Bertz CT molecular complexity index is 1320. The third-order valence-corrected chi connectivity index (χ3v) is 5.40. The Labute approximate surface area is 229 Å². The maximum Gasteiger partial charge on any atom is 0.431 e. The van der Waals surface area contributed by atoms with Gasteiger partial charge < -0.3 is 28.6 Å². The Kier molecular flexibility index (Phi) is 9.29. The summed E-state index contributed by atoms with van der Waals surface area (Å²) in [5.74, 6) is -5.11. The minimum atomic E-state index is -4.97. The van der Waals surface area contributed by atoms with Crippen LogP contribution in [0.3, 0.4) is 0 Å². The molecule has 0 spiro atoms. The van der Waals surface area contributed by atoms with Gasteiger partial charge >= 0.3 is 24.1 Å². The van der Waals surface area contributed by atoms with Gasteiger partial charge in [0.25, 0.3) is 6.35 Å². The zero-order valence-electron chi connectivity index (χ0n) is 21.3. The Morgan fingerprint density at radius 3 is 2.27 bits per heavy atom. The van der Waals surface area contributed by atoms with E-state index in [4.69, 9.17) is 30.5 Å². The molecular weight excluding hydrogens is 570 g/mol. The van der Waals surface area contributed by atoms with E-state index >= 15 is 4.39 Å². The molecule has 11 nitrogen and oxygen atoms in total. The summed E-state index contributed by atoms with van der Waals surface area (Å²) in [6, 6.07) is 6.69. The first-order valence-corrected chi connectivity index (χ1v) is 11.6. The zero-order chi connectivity index (χ0) is 29.8. The maximum absolute atomic E-state index is 15.3. The molecule has 0 radical (unpaired) electrons. The average Bonchev–Trinajstić information content (AvgIpc) is 2.86. The number of allylic oxidation sites excluding steroid dienone is 1. The van der Waals surface area contributed by atoms with E-state index in [9.17, 15) is 27.6 Å². The van der Waals surface area contributed by atoms with Crippen molar-refractivity contribution in [2.24, 2.45) is 0 Å². The lowest BCUT2D eigenvalue weighted by molar-refractivity contribution is -0.171. The number of ether oxygens (including phenoxy) is 5. The Balaban J connectivity index is 2.12. The molecule has 3 rings (SSSR count). The van der Waals surface area contributed by atoms with E-state index in [0.717, 1.165) is 34.1 Å². The summed E-state index contributed by atoms with van der Waals surface area (Å²) in [6.45, 7) is 1.36. The predicted molar refractivity (Wildman–Crippen MR) is 129 cm³/mol. The van der Waals surface area contributed by atoms with E-state index in [1.165, 1.54) is 18.2 Å². The molecule has 0 N–H and O–H groups in total. The van der Waals surface area contributed by atoms with Crippen molar-refractivity contribution in [3.63, 3.8) is 0 Å². The van der Waals surface area contributed by atoms with Crippen molar-refractivity contribution in [1.29, 1.82) is 0 Å². The summed E-state index contributed by atoms with van der Waals surface area (Å²) in [4.78, 5) is 40.3. The molecule has 0 fully saturated rings. The summed E-state index contributed by atoms with van der Waals surface area (Å²) in [7, 11) is 2.10. The summed E-state index contributed by atoms with van der Waals surface area (Å²) < 4.78 is 82.3. The van der Waals surface area contributed by atoms with Gasteiger partial charge in [0, 0.05) is 33.0 Å². The van der Waals surface area contributed by atoms with Crippen LogP contribution in [0.4, 0.5) is 23.4 Å². The fourth-order valence-electron chi connectivity index (χ4n) is 3.48. The maximum atomic E-state index is 15.3. The number of halogens is 5. The van der Waals surface area contributed by atoms with E-state index in [1.54, 1.807) is 6.07 Å². The lowest BCUT2D eigenvalue weighted by Gasteiger charge is -2.45. The van der Waals surface area contributed by atoms with Crippen molar-refractivity contribution in [1.82, 2.24) is 9.88 Å². The first kappa shape index (κ1) is 30.3. The third kappa shape index (κ3) is 7.02. The molecule has 40 heavy (non-hydrogen) atoms. The van der Waals surface area contributed by atoms with Crippen LogP contribution in [0, 0.1) is 5.82 Å². The van der Waals surface area contributed by atoms with Crippen LogP contribution in [0.15, 0.2) is 42.1 Å². The van der Waals surface area contributed by atoms with Crippen LogP contribution in [0.2, 0.25) is 5.02 Å². The van der Waals surface area contributed by atoms with Crippen LogP contribution < -0.4 is 14.4 Å². The third-order valence-electron chi connectivity index (χ3n) is 5.12. The van der Waals surface area contributed by atoms with Crippen molar-refractivity contribution >= 4 is 35.3 Å². The Morgan fingerprint density at radius 2 is 1.70 bits per heavy atom. The highest BCUT2D eigenvalue weighted by molar-refractivity contribution is 6.31. The lowest BCUT2D eigenvalue weighted by Crippen LogP contribution is -2.59. The molecule has 0 aliphatic carbocycles. The molecule has 2 atom stereocenters. The standard InChI is InChI=1S/C24H22ClF4N3O8/c1-12(33)38-19-10-18(24(27,28)29)31(3)23(39-13(2)34)32(19)21-15(26)9-14(25)22(30-21)40-17-8-6-5-7-16(17)37-11-20(35)36-4/h5-10,19,23H,11H2,1-4H3. The van der Waals surface area contributed by atoms with Gasteiger partial charge in [-0.15, -0.1) is 0 Å². The van der Waals surface area contributed by atoms with E-state index in [1.807, 2.05) is 0 Å². The summed E-state index contributed by atoms with van der Waals surface area (Å²) >= 11 is 6.14. The van der Waals surface area contributed by atoms with Crippen molar-refractivity contribution < 1.29 is 55.6 Å². The fraction of sp³-hybridized carbons (Fsp3) is 0.333. The monoisotopic (exact) mass is 591 g/mol. The van der Waals surface area contributed by atoms with Gasteiger partial charge in [-0.2, -0.15) is 18.2 Å². The normalized spacial score (nSPS) is 17.1. The number of nitrogens with zero attached hydrogens (tertiary/aromatic N) is 3. The molecule has 216 valence electrons. The van der Waals surface area contributed by atoms with E-state index in [0.29, 0.717) is 15.9 Å². The molecule has 0 bridgehead atoms. The van der Waals surface area contributed by atoms with Gasteiger partial charge in [0.05, 0.1) is 7.11 Å². The highest BCUT2D eigenvalue weighted by Gasteiger charge is 2.48. The first-order valence-electron chi connectivity index (χ1n) is 11.2. The molecule has 1 aliphatic rings. The van der Waals surface area contributed by atoms with Crippen molar-refractivity contribution in [3.05, 3.63) is 52.9 Å². The van der Waals surface area contributed by atoms with Gasteiger partial charge in [0.1, 0.15) is 10.7 Å². The largest absolute Gasteiger partial charge is 0.478 e. The van der Waals surface area contributed by atoms with Crippen molar-refractivity contribution in [2.75, 3.05) is 25.7 Å². The lowest BCUT2D eigenvalue weighted by atomic mass is 10.2. The number of alkyl halides is 3. The topological polar surface area (TPSA) is 117 Å². The molecule has 0 saturated carbocycles. The molecule has 0 amide bonds. The van der Waals surface area contributed by atoms with Crippen LogP contribution in [-0.2, 0) is 28.6 Å². The van der Waals surface area contributed by atoms with Gasteiger partial charge in [-0.05, 0) is 12.1 Å². The number of carbonyl (C=O) groups excluding carboxylic acids is 3. The minimum Gasteiger partial charge on any atom is -0.478 e. The van der Waals surface area contributed by atoms with Gasteiger partial charge in [0.15, 0.2) is 29.7 Å². The molecule has 16 heteroatoms. The molecule has 1 aliphatic heterocycles. The smallest absolute Gasteiger partial charge is 0.431 e. The molecule has 1 aromatic heterocycles. The number of methoxy groups -OCH3 is 1. The van der Waals surface area contributed by atoms with Crippen LogP contribution in [-0.4, -0.2) is 67.3 Å². The van der Waals surface area contributed by atoms with Gasteiger partial charge in [-0.3, -0.25) is 14.5 Å². The Morgan fingerprint density at radius 1 is 1.07 bits per heavy atom. The number of aromatic nitrogens is 1. The molecule has 1 aromatic carbocycles. The van der Waals surface area contributed by atoms with Gasteiger partial charge in [-0.1, -0.05) is 23.7 Å². The van der Waals surface area contributed by atoms with Crippen LogP contribution in [0.25, 0.3) is 0 Å². The first-order chi connectivity index (χ1) is 18.7. The summed E-state index contributed by atoms with van der Waals surface area (Å²) in [5, 5.41) is -0.367. The zero-order valence-corrected chi connectivity index (χ0v) is 22.1.